The van der Waals surface area contributed by atoms with E-state index < -0.39 is 12.0 Å². The number of para-hydroxylation sites is 1. The van der Waals surface area contributed by atoms with Crippen LogP contribution in [-0.4, -0.2) is 43.5 Å². The molecule has 3 aromatic rings. The third kappa shape index (κ3) is 4.69. The molecule has 0 radical (unpaired) electrons. The van der Waals surface area contributed by atoms with Crippen molar-refractivity contribution in [2.45, 2.75) is 6.54 Å². The molecule has 1 N–H and O–H groups in total. The Morgan fingerprint density at radius 2 is 1.97 bits per heavy atom. The van der Waals surface area contributed by atoms with Crippen LogP contribution in [0.25, 0.3) is 11.5 Å². The van der Waals surface area contributed by atoms with Gasteiger partial charge in [-0.1, -0.05) is 30.9 Å². The molecule has 0 spiro atoms. The summed E-state index contributed by atoms with van der Waals surface area (Å²) in [7, 11) is 0. The largest absolute Gasteiger partial charge is 0.488 e. The summed E-state index contributed by atoms with van der Waals surface area (Å²) in [5.41, 5.74) is 0.411. The molecule has 0 aliphatic rings. The maximum atomic E-state index is 13.2. The Labute approximate surface area is 186 Å². The highest BCUT2D eigenvalue weighted by Crippen LogP contribution is 2.31. The molecule has 158 valence electrons. The van der Waals surface area contributed by atoms with Crippen LogP contribution in [0.2, 0.25) is 0 Å². The molecule has 2 amide bonds. The number of hydrogen-bond acceptors (Lipinski definition) is 6. The average molecular weight is 484 g/mol. The van der Waals surface area contributed by atoms with Gasteiger partial charge in [-0.3, -0.25) is 4.79 Å². The molecule has 0 atom stereocenters. The van der Waals surface area contributed by atoms with Gasteiger partial charge in [0.1, 0.15) is 30.2 Å². The Hall–Kier alpha value is -3.79. The second-order valence-corrected chi connectivity index (χ2v) is 6.97. The number of imide groups is 1. The number of benzene rings is 1. The predicted molar refractivity (Wildman–Crippen MR) is 118 cm³/mol. The van der Waals surface area contributed by atoms with Crippen LogP contribution in [0.4, 0.5) is 10.6 Å². The molecule has 0 saturated heterocycles. The van der Waals surface area contributed by atoms with Gasteiger partial charge in [0.25, 0.3) is 5.91 Å². The first-order chi connectivity index (χ1) is 15.0. The van der Waals surface area contributed by atoms with Crippen molar-refractivity contribution >= 4 is 33.7 Å². The third-order valence-corrected chi connectivity index (χ3v) is 4.70. The Bertz CT molecular complexity index is 1140. The summed E-state index contributed by atoms with van der Waals surface area (Å²) in [5, 5.41) is 17.7. The summed E-state index contributed by atoms with van der Waals surface area (Å²) in [5.74, 6) is -0.277. The molecular formula is C21H18BrN5O4. The van der Waals surface area contributed by atoms with Gasteiger partial charge in [-0.2, -0.15) is 4.90 Å². The lowest BCUT2D eigenvalue weighted by Gasteiger charge is -2.19. The standard InChI is InChI=1S/C21H18BrN5O4/c1-3-11-26-13-23-25-19(26)16-9-6-10-17(24-16)27(21(29)30)20(28)14-7-5-8-15(22)18(14)31-12-4-2/h3-10,13H,1-2,11-12H2,(H,29,30). The SMILES string of the molecule is C=CCOc1c(Br)cccc1C(=O)N(C(=O)O)c1cccc(-c2nncn2CC=C)n1. The normalized spacial score (nSPS) is 10.4. The molecule has 0 unspecified atom stereocenters. The summed E-state index contributed by atoms with van der Waals surface area (Å²) in [6.45, 7) is 7.85. The van der Waals surface area contributed by atoms with Gasteiger partial charge in [0, 0.05) is 6.54 Å². The number of halogens is 1. The first-order valence-corrected chi connectivity index (χ1v) is 9.83. The Morgan fingerprint density at radius 1 is 1.19 bits per heavy atom. The van der Waals surface area contributed by atoms with Crippen molar-refractivity contribution in [2.75, 3.05) is 11.5 Å². The van der Waals surface area contributed by atoms with Crippen LogP contribution < -0.4 is 9.64 Å². The number of hydrogen-bond donors (Lipinski definition) is 1. The fraction of sp³-hybridized carbons (Fsp3) is 0.0952. The van der Waals surface area contributed by atoms with Gasteiger partial charge < -0.3 is 14.4 Å². The highest BCUT2D eigenvalue weighted by molar-refractivity contribution is 9.10. The van der Waals surface area contributed by atoms with E-state index in [4.69, 9.17) is 4.74 Å². The van der Waals surface area contributed by atoms with Gasteiger partial charge in [0.2, 0.25) is 0 Å². The van der Waals surface area contributed by atoms with Crippen molar-refractivity contribution in [1.82, 2.24) is 19.7 Å². The van der Waals surface area contributed by atoms with E-state index in [9.17, 15) is 14.7 Å². The van der Waals surface area contributed by atoms with Crippen molar-refractivity contribution < 1.29 is 19.4 Å². The number of carbonyl (C=O) groups excluding carboxylic acids is 1. The summed E-state index contributed by atoms with van der Waals surface area (Å²) in [6.07, 6.45) is 3.21. The number of amides is 2. The zero-order valence-corrected chi connectivity index (χ0v) is 17.9. The van der Waals surface area contributed by atoms with Crippen molar-refractivity contribution in [1.29, 1.82) is 0 Å². The van der Waals surface area contributed by atoms with Crippen molar-refractivity contribution in [3.63, 3.8) is 0 Å². The second kappa shape index (κ2) is 9.81. The fourth-order valence-electron chi connectivity index (χ4n) is 2.77. The Balaban J connectivity index is 2.04. The van der Waals surface area contributed by atoms with Gasteiger partial charge in [0.05, 0.1) is 10.0 Å². The van der Waals surface area contributed by atoms with E-state index in [1.165, 1.54) is 24.5 Å². The summed E-state index contributed by atoms with van der Waals surface area (Å²) in [6, 6.07) is 9.43. The number of anilines is 1. The number of carboxylic acid groups (broad SMARTS) is 1. The smallest absolute Gasteiger partial charge is 0.420 e. The van der Waals surface area contributed by atoms with Crippen LogP contribution in [0, 0.1) is 0 Å². The van der Waals surface area contributed by atoms with Crippen LogP contribution in [0.15, 0.2) is 72.5 Å². The lowest BCUT2D eigenvalue weighted by atomic mass is 10.1. The second-order valence-electron chi connectivity index (χ2n) is 6.12. The monoisotopic (exact) mass is 483 g/mol. The molecule has 0 aliphatic heterocycles. The van der Waals surface area contributed by atoms with Gasteiger partial charge in [0.15, 0.2) is 5.82 Å². The summed E-state index contributed by atoms with van der Waals surface area (Å²) < 4.78 is 7.77. The summed E-state index contributed by atoms with van der Waals surface area (Å²) in [4.78, 5) is 30.2. The van der Waals surface area contributed by atoms with Gasteiger partial charge in [-0.25, -0.2) is 9.78 Å². The van der Waals surface area contributed by atoms with E-state index in [2.05, 4.69) is 44.3 Å². The zero-order chi connectivity index (χ0) is 22.4. The molecular weight excluding hydrogens is 466 g/mol. The molecule has 2 heterocycles. The maximum Gasteiger partial charge on any atom is 0.420 e. The molecule has 0 aliphatic carbocycles. The number of aromatic nitrogens is 4. The van der Waals surface area contributed by atoms with Crippen LogP contribution in [-0.2, 0) is 6.54 Å². The molecule has 0 bridgehead atoms. The molecule has 1 aromatic carbocycles. The van der Waals surface area contributed by atoms with E-state index in [0.29, 0.717) is 27.4 Å². The fourth-order valence-corrected chi connectivity index (χ4v) is 3.25. The molecule has 9 nitrogen and oxygen atoms in total. The van der Waals surface area contributed by atoms with Crippen LogP contribution in [0.1, 0.15) is 10.4 Å². The zero-order valence-electron chi connectivity index (χ0n) is 16.3. The van der Waals surface area contributed by atoms with E-state index in [0.717, 1.165) is 0 Å². The Morgan fingerprint density at radius 3 is 2.68 bits per heavy atom. The Kier molecular flexibility index (Phi) is 6.93. The van der Waals surface area contributed by atoms with Crippen LogP contribution in [0.3, 0.4) is 0 Å². The predicted octanol–water partition coefficient (Wildman–Crippen LogP) is 4.18. The lowest BCUT2D eigenvalue weighted by molar-refractivity contribution is 0.0979. The quantitative estimate of drug-likeness (QED) is 0.478. The minimum absolute atomic E-state index is 0.0562. The highest BCUT2D eigenvalue weighted by atomic mass is 79.9. The minimum Gasteiger partial charge on any atom is -0.488 e. The topological polar surface area (TPSA) is 110 Å². The van der Waals surface area contributed by atoms with Crippen LogP contribution in [0.5, 0.6) is 5.75 Å². The van der Waals surface area contributed by atoms with E-state index in [1.807, 2.05) is 0 Å². The van der Waals surface area contributed by atoms with Crippen molar-refractivity contribution in [2.24, 2.45) is 0 Å². The van der Waals surface area contributed by atoms with Crippen molar-refractivity contribution in [3.8, 4) is 17.3 Å². The number of pyridine rings is 1. The minimum atomic E-state index is -1.49. The maximum absolute atomic E-state index is 13.2. The molecule has 10 heteroatoms. The first-order valence-electron chi connectivity index (χ1n) is 9.03. The van der Waals surface area contributed by atoms with Gasteiger partial charge in [-0.05, 0) is 40.2 Å². The average Bonchev–Trinajstić information content (AvgIpc) is 3.21. The number of rotatable bonds is 8. The molecule has 2 aromatic heterocycles. The van der Waals surface area contributed by atoms with Crippen LogP contribution >= 0.6 is 15.9 Å². The molecule has 0 fully saturated rings. The van der Waals surface area contributed by atoms with E-state index in [1.54, 1.807) is 34.9 Å². The van der Waals surface area contributed by atoms with Gasteiger partial charge in [-0.15, -0.1) is 16.8 Å². The molecule has 0 saturated carbocycles. The van der Waals surface area contributed by atoms with E-state index >= 15 is 0 Å². The van der Waals surface area contributed by atoms with Crippen molar-refractivity contribution in [3.05, 3.63) is 78.1 Å². The number of ether oxygens (including phenoxy) is 1. The number of allylic oxidation sites excluding steroid dienone is 1. The third-order valence-electron chi connectivity index (χ3n) is 4.07. The van der Waals surface area contributed by atoms with E-state index in [-0.39, 0.29) is 23.7 Å². The molecule has 31 heavy (non-hydrogen) atoms. The summed E-state index contributed by atoms with van der Waals surface area (Å²) >= 11 is 3.33. The van der Waals surface area contributed by atoms with Gasteiger partial charge >= 0.3 is 6.09 Å². The lowest BCUT2D eigenvalue weighted by Crippen LogP contribution is -2.36. The number of carbonyl (C=O) groups is 2. The highest BCUT2D eigenvalue weighted by Gasteiger charge is 2.29. The first kappa shape index (κ1) is 21.9. The molecule has 3 rings (SSSR count). The number of nitrogens with zero attached hydrogens (tertiary/aromatic N) is 5.